The summed E-state index contributed by atoms with van der Waals surface area (Å²) in [5.41, 5.74) is 2.74. The van der Waals surface area contributed by atoms with Crippen LogP contribution in [0.1, 0.15) is 11.1 Å². The van der Waals surface area contributed by atoms with Crippen LogP contribution in [-0.4, -0.2) is 9.67 Å². The molecule has 2 N–H and O–H groups in total. The SMILES string of the molecule is C=C(O)/C(=C\c1ccccc1C)n1ccc(=N)cc1. The zero-order chi connectivity index (χ0) is 13.8. The number of pyridine rings is 1. The average Bonchev–Trinajstić information content (AvgIpc) is 2.39. The van der Waals surface area contributed by atoms with E-state index in [1.54, 1.807) is 29.1 Å². The van der Waals surface area contributed by atoms with Crippen LogP contribution in [0, 0.1) is 12.3 Å². The molecule has 2 aromatic rings. The van der Waals surface area contributed by atoms with Gasteiger partial charge in [0, 0.05) is 12.4 Å². The molecular formula is C16H16N2O. The van der Waals surface area contributed by atoms with Crippen LogP contribution >= 0.6 is 0 Å². The minimum Gasteiger partial charge on any atom is -0.506 e. The predicted octanol–water partition coefficient (Wildman–Crippen LogP) is 3.35. The van der Waals surface area contributed by atoms with Crippen LogP contribution in [0.5, 0.6) is 0 Å². The Balaban J connectivity index is 2.52. The maximum absolute atomic E-state index is 9.76. The van der Waals surface area contributed by atoms with E-state index in [0.29, 0.717) is 11.1 Å². The summed E-state index contributed by atoms with van der Waals surface area (Å²) >= 11 is 0. The van der Waals surface area contributed by atoms with Crippen molar-refractivity contribution < 1.29 is 5.11 Å². The molecule has 0 spiro atoms. The minimum atomic E-state index is -0.00835. The van der Waals surface area contributed by atoms with Gasteiger partial charge in [-0.1, -0.05) is 30.8 Å². The first-order valence-corrected chi connectivity index (χ1v) is 5.97. The number of nitrogens with zero attached hydrogens (tertiary/aromatic N) is 1. The Morgan fingerprint density at radius 1 is 1.21 bits per heavy atom. The molecule has 1 heterocycles. The Kier molecular flexibility index (Phi) is 3.66. The molecule has 0 amide bonds. The summed E-state index contributed by atoms with van der Waals surface area (Å²) < 4.78 is 1.74. The number of allylic oxidation sites excluding steroid dienone is 1. The van der Waals surface area contributed by atoms with Gasteiger partial charge in [-0.2, -0.15) is 0 Å². The van der Waals surface area contributed by atoms with Gasteiger partial charge in [0.1, 0.15) is 5.76 Å². The lowest BCUT2D eigenvalue weighted by Crippen LogP contribution is -2.04. The highest BCUT2D eigenvalue weighted by Crippen LogP contribution is 2.18. The van der Waals surface area contributed by atoms with Crippen molar-refractivity contribution in [2.45, 2.75) is 6.92 Å². The van der Waals surface area contributed by atoms with Crippen LogP contribution in [0.4, 0.5) is 0 Å². The Morgan fingerprint density at radius 2 is 1.84 bits per heavy atom. The molecular weight excluding hydrogens is 236 g/mol. The van der Waals surface area contributed by atoms with E-state index in [1.165, 1.54) is 0 Å². The van der Waals surface area contributed by atoms with Crippen molar-refractivity contribution in [3.8, 4) is 0 Å². The Labute approximate surface area is 112 Å². The molecule has 1 aromatic carbocycles. The van der Waals surface area contributed by atoms with Gasteiger partial charge < -0.3 is 15.1 Å². The molecule has 2 rings (SSSR count). The van der Waals surface area contributed by atoms with Gasteiger partial charge >= 0.3 is 0 Å². The predicted molar refractivity (Wildman–Crippen MR) is 77.4 cm³/mol. The third kappa shape index (κ3) is 3.01. The third-order valence-corrected chi connectivity index (χ3v) is 2.88. The van der Waals surface area contributed by atoms with E-state index in [-0.39, 0.29) is 5.76 Å². The number of hydrogen-bond acceptors (Lipinski definition) is 2. The van der Waals surface area contributed by atoms with Crippen molar-refractivity contribution in [2.75, 3.05) is 0 Å². The lowest BCUT2D eigenvalue weighted by atomic mass is 10.1. The monoisotopic (exact) mass is 252 g/mol. The molecule has 0 radical (unpaired) electrons. The van der Waals surface area contributed by atoms with Gasteiger partial charge in [0.05, 0.1) is 11.1 Å². The second-order valence-electron chi connectivity index (χ2n) is 4.33. The van der Waals surface area contributed by atoms with E-state index in [4.69, 9.17) is 5.41 Å². The summed E-state index contributed by atoms with van der Waals surface area (Å²) in [6.07, 6.45) is 5.34. The minimum absolute atomic E-state index is 0.00835. The number of aryl methyl sites for hydroxylation is 1. The average molecular weight is 252 g/mol. The number of aliphatic hydroxyl groups excluding tert-OH is 1. The van der Waals surface area contributed by atoms with Gasteiger partial charge in [0.2, 0.25) is 0 Å². The van der Waals surface area contributed by atoms with Gasteiger partial charge in [-0.05, 0) is 36.3 Å². The summed E-state index contributed by atoms with van der Waals surface area (Å²) in [4.78, 5) is 0. The van der Waals surface area contributed by atoms with E-state index in [0.717, 1.165) is 11.1 Å². The summed E-state index contributed by atoms with van der Waals surface area (Å²) in [5, 5.41) is 17.7. The van der Waals surface area contributed by atoms with Crippen LogP contribution in [0.15, 0.2) is 61.1 Å². The molecule has 0 atom stereocenters. The number of aromatic nitrogens is 1. The normalized spacial score (nSPS) is 11.3. The second-order valence-corrected chi connectivity index (χ2v) is 4.33. The first-order chi connectivity index (χ1) is 9.08. The maximum Gasteiger partial charge on any atom is 0.132 e. The van der Waals surface area contributed by atoms with Crippen molar-refractivity contribution in [2.24, 2.45) is 0 Å². The molecule has 3 heteroatoms. The summed E-state index contributed by atoms with van der Waals surface area (Å²) in [6, 6.07) is 11.2. The Hall–Kier alpha value is -2.55. The largest absolute Gasteiger partial charge is 0.506 e. The van der Waals surface area contributed by atoms with E-state index in [2.05, 4.69) is 6.58 Å². The Bertz CT molecular complexity index is 675. The molecule has 0 fully saturated rings. The highest BCUT2D eigenvalue weighted by atomic mass is 16.3. The molecule has 0 saturated heterocycles. The zero-order valence-corrected chi connectivity index (χ0v) is 10.8. The van der Waals surface area contributed by atoms with Crippen LogP contribution < -0.4 is 5.36 Å². The zero-order valence-electron chi connectivity index (χ0n) is 10.8. The summed E-state index contributed by atoms with van der Waals surface area (Å²) in [6.45, 7) is 5.61. The lowest BCUT2D eigenvalue weighted by molar-refractivity contribution is 0.436. The highest BCUT2D eigenvalue weighted by molar-refractivity contribution is 5.79. The molecule has 3 nitrogen and oxygen atoms in total. The molecule has 0 aliphatic carbocycles. The fourth-order valence-electron chi connectivity index (χ4n) is 1.79. The molecule has 0 unspecified atom stereocenters. The number of aliphatic hydroxyl groups is 1. The van der Waals surface area contributed by atoms with Crippen molar-refractivity contribution in [1.29, 1.82) is 5.41 Å². The quantitative estimate of drug-likeness (QED) is 0.638. The number of hydrogen-bond donors (Lipinski definition) is 2. The first-order valence-electron chi connectivity index (χ1n) is 5.97. The van der Waals surface area contributed by atoms with Gasteiger partial charge in [-0.25, -0.2) is 0 Å². The van der Waals surface area contributed by atoms with Gasteiger partial charge in [-0.15, -0.1) is 0 Å². The standard InChI is InChI=1S/C16H16N2O/c1-12-5-3-4-6-14(12)11-16(13(2)19)18-9-7-15(17)8-10-18/h3-11,17,19H,2H2,1H3/b16-11+. The third-order valence-electron chi connectivity index (χ3n) is 2.88. The smallest absolute Gasteiger partial charge is 0.132 e. The maximum atomic E-state index is 9.76. The topological polar surface area (TPSA) is 49.0 Å². The molecule has 96 valence electrons. The lowest BCUT2D eigenvalue weighted by Gasteiger charge is -2.11. The van der Waals surface area contributed by atoms with Crippen molar-refractivity contribution in [3.63, 3.8) is 0 Å². The number of benzene rings is 1. The number of rotatable bonds is 3. The van der Waals surface area contributed by atoms with Crippen LogP contribution in [-0.2, 0) is 0 Å². The van der Waals surface area contributed by atoms with Gasteiger partial charge in [0.25, 0.3) is 0 Å². The number of nitrogens with one attached hydrogen (secondary N) is 1. The van der Waals surface area contributed by atoms with Crippen LogP contribution in [0.25, 0.3) is 11.8 Å². The van der Waals surface area contributed by atoms with Crippen molar-refractivity contribution >= 4 is 11.8 Å². The molecule has 19 heavy (non-hydrogen) atoms. The van der Waals surface area contributed by atoms with E-state index in [9.17, 15) is 5.11 Å². The van der Waals surface area contributed by atoms with Gasteiger partial charge in [0.15, 0.2) is 0 Å². The molecule has 0 saturated carbocycles. The van der Waals surface area contributed by atoms with E-state index in [1.807, 2.05) is 37.3 Å². The second kappa shape index (κ2) is 5.40. The fraction of sp³-hybridized carbons (Fsp3) is 0.0625. The molecule has 1 aromatic heterocycles. The fourth-order valence-corrected chi connectivity index (χ4v) is 1.79. The van der Waals surface area contributed by atoms with Crippen LogP contribution in [0.3, 0.4) is 0 Å². The van der Waals surface area contributed by atoms with Gasteiger partial charge in [-0.3, -0.25) is 0 Å². The summed E-state index contributed by atoms with van der Waals surface area (Å²) in [7, 11) is 0. The van der Waals surface area contributed by atoms with E-state index < -0.39 is 0 Å². The summed E-state index contributed by atoms with van der Waals surface area (Å²) in [5.74, 6) is -0.00835. The highest BCUT2D eigenvalue weighted by Gasteiger charge is 2.04. The molecule has 0 aliphatic heterocycles. The van der Waals surface area contributed by atoms with Crippen molar-refractivity contribution in [1.82, 2.24) is 4.57 Å². The van der Waals surface area contributed by atoms with E-state index >= 15 is 0 Å². The molecule has 0 aliphatic rings. The first kappa shape index (κ1) is 12.9. The molecule has 0 bridgehead atoms. The Morgan fingerprint density at radius 3 is 2.42 bits per heavy atom. The van der Waals surface area contributed by atoms with Crippen molar-refractivity contribution in [3.05, 3.63) is 77.6 Å². The van der Waals surface area contributed by atoms with Crippen LogP contribution in [0.2, 0.25) is 0 Å².